The van der Waals surface area contributed by atoms with Crippen molar-refractivity contribution in [3.05, 3.63) is 65.5 Å². The maximum absolute atomic E-state index is 5.73. The van der Waals surface area contributed by atoms with Crippen LogP contribution in [0.25, 0.3) is 0 Å². The van der Waals surface area contributed by atoms with E-state index in [1.807, 2.05) is 28.9 Å². The smallest absolute Gasteiger partial charge is 0.173 e. The van der Waals surface area contributed by atoms with Crippen LogP contribution in [-0.4, -0.2) is 77.5 Å². The first-order valence-electron chi connectivity index (χ1n) is 10.6. The molecule has 1 atom stereocenters. The van der Waals surface area contributed by atoms with Crippen molar-refractivity contribution in [1.82, 2.24) is 30.0 Å². The fourth-order valence-corrected chi connectivity index (χ4v) is 4.08. The lowest BCUT2D eigenvalue weighted by Crippen LogP contribution is -2.46. The zero-order valence-electron chi connectivity index (χ0n) is 18.8. The van der Waals surface area contributed by atoms with Crippen LogP contribution < -0.4 is 9.47 Å². The summed E-state index contributed by atoms with van der Waals surface area (Å²) in [6.07, 6.45) is 0.865. The van der Waals surface area contributed by atoms with E-state index in [0.717, 1.165) is 55.5 Å². The fourth-order valence-electron chi connectivity index (χ4n) is 4.08. The fraction of sp³-hybridized carbons (Fsp3) is 0.435. The number of aryl methyl sites for hydroxylation is 2. The second-order valence-electron chi connectivity index (χ2n) is 7.85. The summed E-state index contributed by atoms with van der Waals surface area (Å²) < 4.78 is 13.2. The molecule has 1 aliphatic heterocycles. The molecule has 1 saturated heterocycles. The van der Waals surface area contributed by atoms with Crippen molar-refractivity contribution in [2.45, 2.75) is 19.0 Å². The molecule has 4 rings (SSSR count). The number of tetrazole rings is 1. The van der Waals surface area contributed by atoms with Gasteiger partial charge in [0.1, 0.15) is 17.5 Å². The first kappa shape index (κ1) is 24.0. The standard InChI is InChI=1S/C23H30N6O2.ClH/c1-27-13-15-28(16-14-27)22(20-17-19(30-2)9-10-21(20)31-3)23-24-25-26-29(23)12-11-18-7-5-4-6-8-18;/h4-10,17,22H,11-16H2,1-3H3;1H. The highest BCUT2D eigenvalue weighted by Crippen LogP contribution is 2.36. The molecule has 1 aromatic heterocycles. The molecule has 2 heterocycles. The highest BCUT2D eigenvalue weighted by molar-refractivity contribution is 5.85. The molecule has 0 aliphatic carbocycles. The summed E-state index contributed by atoms with van der Waals surface area (Å²) >= 11 is 0. The number of piperazine rings is 1. The molecule has 32 heavy (non-hydrogen) atoms. The van der Waals surface area contributed by atoms with Crippen molar-refractivity contribution in [2.24, 2.45) is 0 Å². The van der Waals surface area contributed by atoms with E-state index in [9.17, 15) is 0 Å². The molecule has 0 spiro atoms. The first-order valence-corrected chi connectivity index (χ1v) is 10.6. The second kappa shape index (κ2) is 11.3. The van der Waals surface area contributed by atoms with Crippen molar-refractivity contribution in [2.75, 3.05) is 47.4 Å². The first-order chi connectivity index (χ1) is 15.2. The molecular formula is C23H31ClN6O2. The van der Waals surface area contributed by atoms with Gasteiger partial charge in [-0.1, -0.05) is 30.3 Å². The van der Waals surface area contributed by atoms with Gasteiger partial charge in [0, 0.05) is 38.3 Å². The minimum absolute atomic E-state index is 0. The van der Waals surface area contributed by atoms with E-state index in [4.69, 9.17) is 9.47 Å². The summed E-state index contributed by atoms with van der Waals surface area (Å²) in [4.78, 5) is 4.77. The predicted octanol–water partition coefficient (Wildman–Crippen LogP) is 2.69. The van der Waals surface area contributed by atoms with Crippen LogP contribution >= 0.6 is 12.4 Å². The zero-order chi connectivity index (χ0) is 21.6. The van der Waals surface area contributed by atoms with Gasteiger partial charge in [-0.3, -0.25) is 4.90 Å². The zero-order valence-corrected chi connectivity index (χ0v) is 19.7. The Labute approximate surface area is 195 Å². The number of rotatable bonds is 8. The highest BCUT2D eigenvalue weighted by atomic mass is 35.5. The molecule has 0 radical (unpaired) electrons. The van der Waals surface area contributed by atoms with Crippen molar-refractivity contribution in [3.63, 3.8) is 0 Å². The topological polar surface area (TPSA) is 68.5 Å². The number of hydrogen-bond acceptors (Lipinski definition) is 7. The van der Waals surface area contributed by atoms with Crippen molar-refractivity contribution >= 4 is 12.4 Å². The Balaban J connectivity index is 0.00000289. The van der Waals surface area contributed by atoms with Crippen LogP contribution in [0, 0.1) is 0 Å². The number of halogens is 1. The molecule has 3 aromatic rings. The largest absolute Gasteiger partial charge is 0.497 e. The summed E-state index contributed by atoms with van der Waals surface area (Å²) in [5.74, 6) is 2.42. The Bertz CT molecular complexity index is 976. The van der Waals surface area contributed by atoms with E-state index in [1.165, 1.54) is 5.56 Å². The van der Waals surface area contributed by atoms with Gasteiger partial charge >= 0.3 is 0 Å². The SMILES string of the molecule is COc1ccc(OC)c(C(c2nnnn2CCc2ccccc2)N2CCN(C)CC2)c1.Cl. The average Bonchev–Trinajstić information content (AvgIpc) is 3.28. The van der Waals surface area contributed by atoms with E-state index in [0.29, 0.717) is 6.54 Å². The van der Waals surface area contributed by atoms with Gasteiger partial charge < -0.3 is 14.4 Å². The van der Waals surface area contributed by atoms with Gasteiger partial charge in [-0.2, -0.15) is 0 Å². The third kappa shape index (κ3) is 5.38. The highest BCUT2D eigenvalue weighted by Gasteiger charge is 2.32. The molecule has 0 amide bonds. The lowest BCUT2D eigenvalue weighted by molar-refractivity contribution is 0.120. The Hall–Kier alpha value is -2.68. The van der Waals surface area contributed by atoms with Crippen molar-refractivity contribution in [1.29, 1.82) is 0 Å². The normalized spacial score (nSPS) is 15.7. The average molecular weight is 459 g/mol. The predicted molar refractivity (Wildman–Crippen MR) is 126 cm³/mol. The number of nitrogens with zero attached hydrogens (tertiary/aromatic N) is 6. The number of ether oxygens (including phenoxy) is 2. The van der Waals surface area contributed by atoms with Crippen LogP contribution in [0.1, 0.15) is 23.0 Å². The maximum atomic E-state index is 5.73. The molecule has 0 N–H and O–H groups in total. The monoisotopic (exact) mass is 458 g/mol. The molecule has 0 saturated carbocycles. The maximum Gasteiger partial charge on any atom is 0.173 e. The van der Waals surface area contributed by atoms with E-state index >= 15 is 0 Å². The van der Waals surface area contributed by atoms with Crippen LogP contribution in [0.2, 0.25) is 0 Å². The summed E-state index contributed by atoms with van der Waals surface area (Å²) in [6, 6.07) is 16.2. The Morgan fingerprint density at radius 1 is 0.969 bits per heavy atom. The summed E-state index contributed by atoms with van der Waals surface area (Å²) in [5, 5.41) is 12.9. The molecule has 1 unspecified atom stereocenters. The second-order valence-corrected chi connectivity index (χ2v) is 7.85. The molecule has 2 aromatic carbocycles. The summed E-state index contributed by atoms with van der Waals surface area (Å²) in [5.41, 5.74) is 2.28. The molecule has 172 valence electrons. The summed E-state index contributed by atoms with van der Waals surface area (Å²) in [7, 11) is 5.54. The molecule has 1 fully saturated rings. The van der Waals surface area contributed by atoms with Crippen LogP contribution in [0.15, 0.2) is 48.5 Å². The number of benzene rings is 2. The van der Waals surface area contributed by atoms with E-state index in [1.54, 1.807) is 14.2 Å². The molecule has 0 bridgehead atoms. The minimum Gasteiger partial charge on any atom is -0.497 e. The van der Waals surface area contributed by atoms with E-state index in [-0.39, 0.29) is 18.4 Å². The molecule has 8 nitrogen and oxygen atoms in total. The molecule has 9 heteroatoms. The number of methoxy groups -OCH3 is 2. The third-order valence-electron chi connectivity index (χ3n) is 5.89. The van der Waals surface area contributed by atoms with E-state index in [2.05, 4.69) is 56.6 Å². The van der Waals surface area contributed by atoms with Gasteiger partial charge in [0.2, 0.25) is 0 Å². The van der Waals surface area contributed by atoms with Crippen molar-refractivity contribution < 1.29 is 9.47 Å². The van der Waals surface area contributed by atoms with Crippen LogP contribution in [0.3, 0.4) is 0 Å². The van der Waals surface area contributed by atoms with Crippen LogP contribution in [0.4, 0.5) is 0 Å². The van der Waals surface area contributed by atoms with Gasteiger partial charge in [0.25, 0.3) is 0 Å². The van der Waals surface area contributed by atoms with Gasteiger partial charge in [-0.25, -0.2) is 4.68 Å². The lowest BCUT2D eigenvalue weighted by atomic mass is 10.0. The Kier molecular flexibility index (Phi) is 8.44. The minimum atomic E-state index is -0.121. The summed E-state index contributed by atoms with van der Waals surface area (Å²) in [6.45, 7) is 4.55. The number of hydrogen-bond donors (Lipinski definition) is 0. The number of aromatic nitrogens is 4. The van der Waals surface area contributed by atoms with E-state index < -0.39 is 0 Å². The Morgan fingerprint density at radius 3 is 2.41 bits per heavy atom. The third-order valence-corrected chi connectivity index (χ3v) is 5.89. The van der Waals surface area contributed by atoms with Gasteiger partial charge in [0.05, 0.1) is 14.2 Å². The van der Waals surface area contributed by atoms with Crippen LogP contribution in [0.5, 0.6) is 11.5 Å². The lowest BCUT2D eigenvalue weighted by Gasteiger charge is -2.37. The van der Waals surface area contributed by atoms with Gasteiger partial charge in [0.15, 0.2) is 5.82 Å². The van der Waals surface area contributed by atoms with Crippen molar-refractivity contribution in [3.8, 4) is 11.5 Å². The Morgan fingerprint density at radius 2 is 1.72 bits per heavy atom. The van der Waals surface area contributed by atoms with Gasteiger partial charge in [-0.15, -0.1) is 17.5 Å². The van der Waals surface area contributed by atoms with Crippen LogP contribution in [-0.2, 0) is 13.0 Å². The van der Waals surface area contributed by atoms with Gasteiger partial charge in [-0.05, 0) is 47.7 Å². The molecule has 1 aliphatic rings. The molecular weight excluding hydrogens is 428 g/mol. The number of likely N-dealkylation sites (N-methyl/N-ethyl adjacent to an activating group) is 1. The quantitative estimate of drug-likeness (QED) is 0.514.